The van der Waals surface area contributed by atoms with Crippen molar-refractivity contribution in [2.75, 3.05) is 14.2 Å². The average Bonchev–Trinajstić information content (AvgIpc) is 2.47. The maximum atomic E-state index is 12.5. The first-order chi connectivity index (χ1) is 9.26. The minimum Gasteiger partial charge on any atom is -0.496 e. The van der Waals surface area contributed by atoms with Gasteiger partial charge in [-0.25, -0.2) is 0 Å². The molecule has 0 heterocycles. The van der Waals surface area contributed by atoms with Crippen LogP contribution in [0.5, 0.6) is 11.5 Å². The summed E-state index contributed by atoms with van der Waals surface area (Å²) >= 11 is 0. The molecule has 0 unspecified atom stereocenters. The van der Waals surface area contributed by atoms with Gasteiger partial charge in [0.25, 0.3) is 0 Å². The zero-order valence-corrected chi connectivity index (χ0v) is 13.4. The van der Waals surface area contributed by atoms with Crippen LogP contribution < -0.4 is 28.3 Å². The fourth-order valence-corrected chi connectivity index (χ4v) is 3.81. The summed E-state index contributed by atoms with van der Waals surface area (Å²) in [5, 5.41) is 0. The molecule has 1 aliphatic carbocycles. The zero-order chi connectivity index (χ0) is 13.7. The monoisotopic (exact) mass is 286 g/mol. The second kappa shape index (κ2) is 8.73. The fourth-order valence-electron chi connectivity index (χ4n) is 2.50. The van der Waals surface area contributed by atoms with Gasteiger partial charge >= 0.3 is 18.9 Å². The first-order valence-corrected chi connectivity index (χ1v) is 7.68. The van der Waals surface area contributed by atoms with Gasteiger partial charge < -0.3 is 22.8 Å². The molecule has 0 N–H and O–H groups in total. The van der Waals surface area contributed by atoms with Crippen molar-refractivity contribution >= 4 is 14.1 Å². The summed E-state index contributed by atoms with van der Waals surface area (Å²) < 4.78 is 10.6. The van der Waals surface area contributed by atoms with E-state index >= 15 is 0 Å². The van der Waals surface area contributed by atoms with Gasteiger partial charge in [0, 0.05) is 5.52 Å². The molecule has 0 aromatic heterocycles. The molecule has 1 aromatic carbocycles. The van der Waals surface area contributed by atoms with Gasteiger partial charge in [0.2, 0.25) is 0 Å². The zero-order valence-electron chi connectivity index (χ0n) is 12.5. The van der Waals surface area contributed by atoms with Gasteiger partial charge in [0.1, 0.15) is 11.5 Å². The van der Waals surface area contributed by atoms with E-state index in [1.54, 1.807) is 14.2 Å². The Morgan fingerprint density at radius 1 is 1.10 bits per heavy atom. The van der Waals surface area contributed by atoms with Gasteiger partial charge in [0.15, 0.2) is 0 Å². The van der Waals surface area contributed by atoms with Crippen molar-refractivity contribution in [1.29, 1.82) is 0 Å². The summed E-state index contributed by atoms with van der Waals surface area (Å²) in [6, 6.07) is 5.46. The first-order valence-electron chi connectivity index (χ1n) is 6.72. The van der Waals surface area contributed by atoms with Crippen molar-refractivity contribution < 1.29 is 33.1 Å². The van der Waals surface area contributed by atoms with E-state index in [-0.39, 0.29) is 24.4 Å². The topological polar surface area (TPSA) is 35.5 Å². The van der Waals surface area contributed by atoms with Crippen LogP contribution in [0.25, 0.3) is 0 Å². The third-order valence-electron chi connectivity index (χ3n) is 3.52. The van der Waals surface area contributed by atoms with Crippen molar-refractivity contribution in [2.24, 2.45) is 0 Å². The molecule has 0 atom stereocenters. The second-order valence-electron chi connectivity index (χ2n) is 4.76. The van der Waals surface area contributed by atoms with Crippen LogP contribution in [-0.4, -0.2) is 25.4 Å². The first kappa shape index (κ1) is 17.6. The Labute approximate surface area is 134 Å². The van der Waals surface area contributed by atoms with Gasteiger partial charge in [-0.05, 0) is 12.1 Å². The van der Waals surface area contributed by atoms with Crippen molar-refractivity contribution in [3.8, 4) is 11.5 Å². The molecular formula is C15H20LiO3P. The number of carbonyl (C=O) groups is 1. The third-order valence-corrected chi connectivity index (χ3v) is 4.86. The second-order valence-corrected chi connectivity index (χ2v) is 6.16. The van der Waals surface area contributed by atoms with Gasteiger partial charge in [0.05, 0.1) is 19.8 Å². The number of benzene rings is 1. The van der Waals surface area contributed by atoms with Crippen LogP contribution in [0.15, 0.2) is 18.2 Å². The Morgan fingerprint density at radius 2 is 1.65 bits per heavy atom. The molecule has 3 nitrogen and oxygen atoms in total. The molecular weight excluding hydrogens is 266 g/mol. The summed E-state index contributed by atoms with van der Waals surface area (Å²) in [6.07, 6.45) is 6.11. The number of ether oxygens (including phenoxy) is 2. The SMILES string of the molecule is COc1cccc(OC)c1C(=O)[P-]C1CCCCC1.[Li+]. The van der Waals surface area contributed by atoms with Gasteiger partial charge in [-0.2, -0.15) is 5.66 Å². The molecule has 1 fully saturated rings. The minimum absolute atomic E-state index is 0. The van der Waals surface area contributed by atoms with Crippen LogP contribution in [0, 0.1) is 0 Å². The van der Waals surface area contributed by atoms with Crippen molar-refractivity contribution in [1.82, 2.24) is 0 Å². The Kier molecular flexibility index (Phi) is 7.67. The van der Waals surface area contributed by atoms with E-state index in [9.17, 15) is 4.79 Å². The van der Waals surface area contributed by atoms with E-state index in [1.807, 2.05) is 18.2 Å². The minimum atomic E-state index is 0. The fraction of sp³-hybridized carbons (Fsp3) is 0.533. The molecule has 0 bridgehead atoms. The van der Waals surface area contributed by atoms with Crippen molar-refractivity contribution in [2.45, 2.75) is 37.8 Å². The molecule has 5 heteroatoms. The van der Waals surface area contributed by atoms with Crippen molar-refractivity contribution in [3.05, 3.63) is 23.8 Å². The standard InChI is InChI=1S/C15H20O3P.Li/c1-17-12-9-6-10-13(18-2)14(12)15(16)19-11-7-4-3-5-8-11;/h6,9-11H,3-5,7-8H2,1-2H3;/q-1;+1. The van der Waals surface area contributed by atoms with Crippen LogP contribution in [0.1, 0.15) is 42.5 Å². The van der Waals surface area contributed by atoms with E-state index in [0.717, 1.165) is 21.4 Å². The molecule has 0 saturated heterocycles. The Hall–Kier alpha value is -0.483. The molecule has 1 aromatic rings. The van der Waals surface area contributed by atoms with Gasteiger partial charge in [-0.1, -0.05) is 38.2 Å². The van der Waals surface area contributed by atoms with E-state index in [2.05, 4.69) is 0 Å². The average molecular weight is 286 g/mol. The van der Waals surface area contributed by atoms with E-state index in [0.29, 0.717) is 22.7 Å². The Morgan fingerprint density at radius 3 is 2.15 bits per heavy atom. The van der Waals surface area contributed by atoms with Crippen LogP contribution >= 0.6 is 8.58 Å². The molecule has 0 radical (unpaired) electrons. The quantitative estimate of drug-likeness (QED) is 0.601. The Bertz CT molecular complexity index is 422. The molecule has 20 heavy (non-hydrogen) atoms. The van der Waals surface area contributed by atoms with Crippen LogP contribution in [-0.2, 0) is 0 Å². The van der Waals surface area contributed by atoms with E-state index < -0.39 is 0 Å². The predicted molar refractivity (Wildman–Crippen MR) is 77.7 cm³/mol. The largest absolute Gasteiger partial charge is 1.00 e. The molecule has 104 valence electrons. The predicted octanol–water partition coefficient (Wildman–Crippen LogP) is 1.13. The summed E-state index contributed by atoms with van der Waals surface area (Å²) in [5.41, 5.74) is 1.19. The van der Waals surface area contributed by atoms with Crippen LogP contribution in [0.2, 0.25) is 0 Å². The smallest absolute Gasteiger partial charge is 0.496 e. The summed E-state index contributed by atoms with van der Waals surface area (Å²) in [7, 11) is 4.06. The Balaban J connectivity index is 0.00000200. The summed E-state index contributed by atoms with van der Waals surface area (Å²) in [5.74, 6) is 1.21. The van der Waals surface area contributed by atoms with Crippen LogP contribution in [0.3, 0.4) is 0 Å². The number of carbonyl (C=O) groups excluding carboxylic acids is 1. The number of hydrogen-bond donors (Lipinski definition) is 0. The molecule has 2 rings (SSSR count). The molecule has 1 aliphatic rings. The number of rotatable bonds is 5. The summed E-state index contributed by atoms with van der Waals surface area (Å²) in [4.78, 5) is 12.5. The maximum Gasteiger partial charge on any atom is 1.00 e. The van der Waals surface area contributed by atoms with E-state index in [4.69, 9.17) is 9.47 Å². The molecule has 0 amide bonds. The van der Waals surface area contributed by atoms with Crippen LogP contribution in [0.4, 0.5) is 0 Å². The number of hydrogen-bond acceptors (Lipinski definition) is 3. The molecule has 0 spiro atoms. The van der Waals surface area contributed by atoms with E-state index in [1.165, 1.54) is 19.3 Å². The molecule has 0 aliphatic heterocycles. The normalized spacial score (nSPS) is 15.9. The molecule has 1 saturated carbocycles. The van der Waals surface area contributed by atoms with Gasteiger partial charge in [-0.3, -0.25) is 0 Å². The summed E-state index contributed by atoms with van der Waals surface area (Å²) in [6.45, 7) is 0. The number of methoxy groups -OCH3 is 2. The van der Waals surface area contributed by atoms with Crippen molar-refractivity contribution in [3.63, 3.8) is 0 Å². The maximum absolute atomic E-state index is 12.5. The van der Waals surface area contributed by atoms with Gasteiger partial charge in [-0.15, -0.1) is 0 Å². The third kappa shape index (κ3) is 4.25.